The van der Waals surface area contributed by atoms with Gasteiger partial charge in [-0.2, -0.15) is 0 Å². The number of H-pyrrole nitrogens is 1. The zero-order valence-electron chi connectivity index (χ0n) is 9.95. The Balaban J connectivity index is 2.68. The van der Waals surface area contributed by atoms with Crippen molar-refractivity contribution in [3.05, 3.63) is 23.2 Å². The summed E-state index contributed by atoms with van der Waals surface area (Å²) in [5.74, 6) is 0. The highest BCUT2D eigenvalue weighted by Crippen LogP contribution is 2.26. The van der Waals surface area contributed by atoms with Crippen LogP contribution in [-0.4, -0.2) is 14.5 Å². The molecule has 0 bridgehead atoms. The van der Waals surface area contributed by atoms with Crippen molar-refractivity contribution in [1.29, 1.82) is 0 Å². The lowest BCUT2D eigenvalue weighted by atomic mass is 9.98. The summed E-state index contributed by atoms with van der Waals surface area (Å²) in [6.45, 7) is 6.64. The minimum absolute atomic E-state index is 0.0471. The largest absolute Gasteiger partial charge is 0.329 e. The van der Waals surface area contributed by atoms with Crippen LogP contribution in [0.3, 0.4) is 0 Å². The van der Waals surface area contributed by atoms with Crippen molar-refractivity contribution >= 4 is 23.3 Å². The predicted octanol–water partition coefficient (Wildman–Crippen LogP) is 3.63. The van der Waals surface area contributed by atoms with E-state index in [1.54, 1.807) is 0 Å². The van der Waals surface area contributed by atoms with Crippen LogP contribution >= 0.6 is 12.2 Å². The van der Waals surface area contributed by atoms with Crippen LogP contribution in [0.1, 0.15) is 33.6 Å². The summed E-state index contributed by atoms with van der Waals surface area (Å²) in [5.41, 5.74) is 2.20. The maximum absolute atomic E-state index is 5.39. The lowest BCUT2D eigenvalue weighted by Gasteiger charge is -2.27. The van der Waals surface area contributed by atoms with Crippen molar-refractivity contribution in [3.63, 3.8) is 0 Å². The van der Waals surface area contributed by atoms with Crippen LogP contribution in [0.25, 0.3) is 11.0 Å². The lowest BCUT2D eigenvalue weighted by Crippen LogP contribution is -2.25. The van der Waals surface area contributed by atoms with Gasteiger partial charge in [-0.1, -0.05) is 13.3 Å². The molecule has 0 fully saturated rings. The maximum atomic E-state index is 5.39. The summed E-state index contributed by atoms with van der Waals surface area (Å²) in [5, 5.41) is 0. The van der Waals surface area contributed by atoms with Gasteiger partial charge in [0, 0.05) is 11.7 Å². The molecule has 2 aromatic heterocycles. The highest BCUT2D eigenvalue weighted by molar-refractivity contribution is 7.71. The monoisotopic (exact) mass is 235 g/mol. The predicted molar refractivity (Wildman–Crippen MR) is 69.1 cm³/mol. The van der Waals surface area contributed by atoms with Crippen LogP contribution in [0.15, 0.2) is 18.5 Å². The van der Waals surface area contributed by atoms with E-state index >= 15 is 0 Å². The quantitative estimate of drug-likeness (QED) is 0.824. The molecule has 2 rings (SSSR count). The number of hydrogen-bond donors (Lipinski definition) is 1. The Kier molecular flexibility index (Phi) is 2.84. The summed E-state index contributed by atoms with van der Waals surface area (Å²) in [6, 6.07) is 2.01. The van der Waals surface area contributed by atoms with Crippen molar-refractivity contribution in [2.24, 2.45) is 0 Å². The zero-order valence-corrected chi connectivity index (χ0v) is 10.8. The van der Waals surface area contributed by atoms with Crippen LogP contribution < -0.4 is 0 Å². The molecule has 1 N–H and O–H groups in total. The molecule has 0 atom stereocenters. The molecule has 0 radical (unpaired) electrons. The van der Waals surface area contributed by atoms with Gasteiger partial charge in [0.05, 0.1) is 17.2 Å². The fourth-order valence-corrected chi connectivity index (χ4v) is 2.74. The SMILES string of the molecule is CCCC(C)(C)n1c(=S)[nH]c2cnccc21. The van der Waals surface area contributed by atoms with E-state index in [0.29, 0.717) is 0 Å². The molecule has 0 aliphatic rings. The molecule has 2 heterocycles. The van der Waals surface area contributed by atoms with Crippen LogP contribution in [0.4, 0.5) is 0 Å². The lowest BCUT2D eigenvalue weighted by molar-refractivity contribution is 0.330. The number of imidazole rings is 1. The molecule has 0 unspecified atom stereocenters. The molecule has 0 saturated heterocycles. The molecule has 0 aromatic carbocycles. The van der Waals surface area contributed by atoms with Crippen molar-refractivity contribution in [1.82, 2.24) is 14.5 Å². The Morgan fingerprint density at radius 1 is 1.50 bits per heavy atom. The van der Waals surface area contributed by atoms with Crippen molar-refractivity contribution in [3.8, 4) is 0 Å². The summed E-state index contributed by atoms with van der Waals surface area (Å²) in [4.78, 5) is 7.31. The Hall–Kier alpha value is -1.16. The molecule has 0 saturated carbocycles. The van der Waals surface area contributed by atoms with Crippen molar-refractivity contribution in [2.45, 2.75) is 39.2 Å². The van der Waals surface area contributed by atoms with Gasteiger partial charge in [-0.25, -0.2) is 0 Å². The van der Waals surface area contributed by atoms with Crippen LogP contribution in [0.2, 0.25) is 0 Å². The zero-order chi connectivity index (χ0) is 11.8. The number of fused-ring (bicyclic) bond motifs is 1. The Morgan fingerprint density at radius 3 is 2.94 bits per heavy atom. The third-order valence-corrected chi connectivity index (χ3v) is 3.24. The number of rotatable bonds is 3. The Labute approximate surface area is 101 Å². The van der Waals surface area contributed by atoms with E-state index in [9.17, 15) is 0 Å². The van der Waals surface area contributed by atoms with E-state index < -0.39 is 0 Å². The molecule has 4 heteroatoms. The molecule has 2 aromatic rings. The molecule has 0 aliphatic heterocycles. The molecule has 3 nitrogen and oxygen atoms in total. The maximum Gasteiger partial charge on any atom is 0.178 e. The third kappa shape index (κ3) is 1.78. The Morgan fingerprint density at radius 2 is 2.25 bits per heavy atom. The van der Waals surface area contributed by atoms with E-state index in [4.69, 9.17) is 12.2 Å². The smallest absolute Gasteiger partial charge is 0.178 e. The Bertz CT molecular complexity index is 551. The number of aromatic amines is 1. The van der Waals surface area contributed by atoms with Crippen LogP contribution in [0.5, 0.6) is 0 Å². The van der Waals surface area contributed by atoms with Gasteiger partial charge in [-0.3, -0.25) is 4.98 Å². The first kappa shape index (κ1) is 11.3. The van der Waals surface area contributed by atoms with Gasteiger partial charge in [0.1, 0.15) is 0 Å². The minimum atomic E-state index is 0.0471. The van der Waals surface area contributed by atoms with E-state index in [0.717, 1.165) is 28.6 Å². The number of hydrogen-bond acceptors (Lipinski definition) is 2. The van der Waals surface area contributed by atoms with E-state index in [-0.39, 0.29) is 5.54 Å². The fourth-order valence-electron chi connectivity index (χ4n) is 2.28. The average molecular weight is 235 g/mol. The molecule has 86 valence electrons. The van der Waals surface area contributed by atoms with Gasteiger partial charge in [-0.05, 0) is 38.6 Å². The number of pyridine rings is 1. The molecular formula is C12H17N3S. The average Bonchev–Trinajstić information content (AvgIpc) is 2.53. The van der Waals surface area contributed by atoms with Crippen molar-refractivity contribution < 1.29 is 0 Å². The summed E-state index contributed by atoms with van der Waals surface area (Å²) in [6.07, 6.45) is 5.89. The minimum Gasteiger partial charge on any atom is -0.329 e. The third-order valence-electron chi connectivity index (χ3n) is 2.95. The first-order chi connectivity index (χ1) is 7.56. The second-order valence-electron chi connectivity index (χ2n) is 4.72. The number of nitrogens with one attached hydrogen (secondary N) is 1. The first-order valence-corrected chi connectivity index (χ1v) is 6.02. The molecule has 16 heavy (non-hydrogen) atoms. The second-order valence-corrected chi connectivity index (χ2v) is 5.11. The summed E-state index contributed by atoms with van der Waals surface area (Å²) < 4.78 is 2.98. The van der Waals surface area contributed by atoms with Gasteiger partial charge >= 0.3 is 0 Å². The van der Waals surface area contributed by atoms with Gasteiger partial charge < -0.3 is 9.55 Å². The number of aromatic nitrogens is 3. The summed E-state index contributed by atoms with van der Waals surface area (Å²) in [7, 11) is 0. The van der Waals surface area contributed by atoms with E-state index in [1.807, 2.05) is 18.5 Å². The van der Waals surface area contributed by atoms with Gasteiger partial charge in [0.25, 0.3) is 0 Å². The van der Waals surface area contributed by atoms with E-state index in [2.05, 4.69) is 35.3 Å². The van der Waals surface area contributed by atoms with Gasteiger partial charge in [0.15, 0.2) is 4.77 Å². The fraction of sp³-hybridized carbons (Fsp3) is 0.500. The van der Waals surface area contributed by atoms with Gasteiger partial charge in [-0.15, -0.1) is 0 Å². The van der Waals surface area contributed by atoms with Crippen molar-refractivity contribution in [2.75, 3.05) is 0 Å². The molecule has 0 aliphatic carbocycles. The summed E-state index contributed by atoms with van der Waals surface area (Å²) >= 11 is 5.39. The normalized spacial score (nSPS) is 12.2. The molecule has 0 amide bonds. The first-order valence-electron chi connectivity index (χ1n) is 5.61. The second kappa shape index (κ2) is 4.01. The number of nitrogens with zero attached hydrogens (tertiary/aromatic N) is 2. The highest BCUT2D eigenvalue weighted by atomic mass is 32.1. The standard InChI is InChI=1S/C12H17N3S/c1-4-6-12(2,3)15-10-5-7-13-8-9(10)14-11(15)16/h5,7-8H,4,6H2,1-3H3,(H,14,16). The van der Waals surface area contributed by atoms with E-state index in [1.165, 1.54) is 0 Å². The molecule has 0 spiro atoms. The van der Waals surface area contributed by atoms with Crippen LogP contribution in [-0.2, 0) is 5.54 Å². The van der Waals surface area contributed by atoms with Gasteiger partial charge in [0.2, 0.25) is 0 Å². The topological polar surface area (TPSA) is 33.6 Å². The highest BCUT2D eigenvalue weighted by Gasteiger charge is 2.22. The molecular weight excluding hydrogens is 218 g/mol. The van der Waals surface area contributed by atoms with Crippen LogP contribution in [0, 0.1) is 4.77 Å².